The quantitative estimate of drug-likeness (QED) is 0.664. The summed E-state index contributed by atoms with van der Waals surface area (Å²) in [5.74, 6) is -0.0885. The lowest BCUT2D eigenvalue weighted by atomic mass is 10.0. The van der Waals surface area contributed by atoms with Crippen molar-refractivity contribution in [3.8, 4) is 6.07 Å². The third-order valence-electron chi connectivity index (χ3n) is 4.75. The van der Waals surface area contributed by atoms with Gasteiger partial charge in [-0.15, -0.1) is 11.3 Å². The topological polar surface area (TPSA) is 57.0 Å². The van der Waals surface area contributed by atoms with Gasteiger partial charge >= 0.3 is 0 Å². The Labute approximate surface area is 162 Å². The summed E-state index contributed by atoms with van der Waals surface area (Å²) >= 11 is 1.63. The van der Waals surface area contributed by atoms with Crippen LogP contribution in [0.3, 0.4) is 0 Å². The number of anilines is 1. The smallest absolute Gasteiger partial charge is 0.260 e. The van der Waals surface area contributed by atoms with Crippen molar-refractivity contribution in [2.45, 2.75) is 32.2 Å². The van der Waals surface area contributed by atoms with E-state index >= 15 is 0 Å². The highest BCUT2D eigenvalue weighted by atomic mass is 32.1. The highest BCUT2D eigenvalue weighted by Gasteiger charge is 2.24. The van der Waals surface area contributed by atoms with Crippen LogP contribution in [0.15, 0.2) is 54.6 Å². The first-order valence-corrected chi connectivity index (χ1v) is 9.91. The van der Waals surface area contributed by atoms with E-state index in [1.165, 1.54) is 17.7 Å². The molecule has 3 aromatic rings. The van der Waals surface area contributed by atoms with Crippen molar-refractivity contribution < 1.29 is 4.79 Å². The van der Waals surface area contributed by atoms with Gasteiger partial charge in [0.1, 0.15) is 0 Å². The SMILES string of the molecule is N#Cc1ccc(C(=O)N(Cc2ccccc2)c2nc3c(s2)CCCC3)cc1. The lowest BCUT2D eigenvalue weighted by Gasteiger charge is -2.20. The van der Waals surface area contributed by atoms with Crippen LogP contribution >= 0.6 is 11.3 Å². The van der Waals surface area contributed by atoms with Crippen LogP contribution in [0.25, 0.3) is 0 Å². The molecule has 1 heterocycles. The Morgan fingerprint density at radius 2 is 1.81 bits per heavy atom. The van der Waals surface area contributed by atoms with Crippen LogP contribution in [0.1, 0.15) is 44.9 Å². The second-order valence-electron chi connectivity index (χ2n) is 6.64. The van der Waals surface area contributed by atoms with Gasteiger partial charge in [-0.2, -0.15) is 5.26 Å². The summed E-state index contributed by atoms with van der Waals surface area (Å²) in [4.78, 5) is 21.1. The van der Waals surface area contributed by atoms with E-state index in [4.69, 9.17) is 10.2 Å². The van der Waals surface area contributed by atoms with E-state index in [1.807, 2.05) is 30.3 Å². The molecule has 5 heteroatoms. The third-order valence-corrected chi connectivity index (χ3v) is 5.94. The number of aryl methyl sites for hydroxylation is 2. The van der Waals surface area contributed by atoms with Gasteiger partial charge in [-0.05, 0) is 55.5 Å². The molecule has 134 valence electrons. The number of hydrogen-bond acceptors (Lipinski definition) is 4. The van der Waals surface area contributed by atoms with E-state index in [2.05, 4.69) is 6.07 Å². The number of nitrogens with zero attached hydrogens (tertiary/aromatic N) is 3. The zero-order chi connectivity index (χ0) is 18.6. The van der Waals surface area contributed by atoms with Gasteiger partial charge in [0.05, 0.1) is 23.9 Å². The van der Waals surface area contributed by atoms with Crippen LogP contribution in [0.5, 0.6) is 0 Å². The number of hydrogen-bond donors (Lipinski definition) is 0. The summed E-state index contributed by atoms with van der Waals surface area (Å²) in [6.45, 7) is 0.478. The molecular formula is C22H19N3OS. The van der Waals surface area contributed by atoms with Gasteiger partial charge in [0.25, 0.3) is 5.91 Å². The van der Waals surface area contributed by atoms with Gasteiger partial charge in [-0.3, -0.25) is 9.69 Å². The molecule has 0 saturated heterocycles. The number of thiazole rings is 1. The number of carbonyl (C=O) groups is 1. The van der Waals surface area contributed by atoms with Gasteiger partial charge in [0, 0.05) is 10.4 Å². The van der Waals surface area contributed by atoms with E-state index in [-0.39, 0.29) is 5.91 Å². The fraction of sp³-hybridized carbons (Fsp3) is 0.227. The minimum Gasteiger partial charge on any atom is -0.279 e. The highest BCUT2D eigenvalue weighted by Crippen LogP contribution is 2.33. The maximum absolute atomic E-state index is 13.3. The predicted octanol–water partition coefficient (Wildman–Crippen LogP) is 4.74. The third kappa shape index (κ3) is 3.76. The Balaban J connectivity index is 1.69. The monoisotopic (exact) mass is 373 g/mol. The van der Waals surface area contributed by atoms with Gasteiger partial charge in [0.15, 0.2) is 5.13 Å². The van der Waals surface area contributed by atoms with Gasteiger partial charge < -0.3 is 0 Å². The number of benzene rings is 2. The molecule has 0 atom stereocenters. The van der Waals surface area contributed by atoms with Gasteiger partial charge in [0.2, 0.25) is 0 Å². The molecule has 0 N–H and O–H groups in total. The average molecular weight is 373 g/mol. The number of rotatable bonds is 4. The molecule has 0 fully saturated rings. The van der Waals surface area contributed by atoms with Crippen LogP contribution in [0.2, 0.25) is 0 Å². The second kappa shape index (κ2) is 7.73. The van der Waals surface area contributed by atoms with Crippen molar-refractivity contribution in [1.82, 2.24) is 4.98 Å². The fourth-order valence-electron chi connectivity index (χ4n) is 3.29. The lowest BCUT2D eigenvalue weighted by Crippen LogP contribution is -2.30. The summed E-state index contributed by atoms with van der Waals surface area (Å²) < 4.78 is 0. The highest BCUT2D eigenvalue weighted by molar-refractivity contribution is 7.16. The number of fused-ring (bicyclic) bond motifs is 1. The van der Waals surface area contributed by atoms with Gasteiger partial charge in [-0.1, -0.05) is 30.3 Å². The number of carbonyl (C=O) groups excluding carboxylic acids is 1. The molecule has 0 unspecified atom stereocenters. The van der Waals surface area contributed by atoms with E-state index in [0.29, 0.717) is 17.7 Å². The van der Waals surface area contributed by atoms with Crippen LogP contribution in [-0.2, 0) is 19.4 Å². The second-order valence-corrected chi connectivity index (χ2v) is 7.70. The molecule has 4 rings (SSSR count). The summed E-state index contributed by atoms with van der Waals surface area (Å²) in [5, 5.41) is 9.75. The van der Waals surface area contributed by atoms with Crippen LogP contribution in [0, 0.1) is 11.3 Å². The van der Waals surface area contributed by atoms with Crippen LogP contribution in [-0.4, -0.2) is 10.9 Å². The predicted molar refractivity (Wildman–Crippen MR) is 107 cm³/mol. The van der Waals surface area contributed by atoms with Crippen molar-refractivity contribution in [1.29, 1.82) is 5.26 Å². The Morgan fingerprint density at radius 3 is 2.52 bits per heavy atom. The average Bonchev–Trinajstić information content (AvgIpc) is 3.16. The number of amides is 1. The maximum Gasteiger partial charge on any atom is 0.260 e. The zero-order valence-electron chi connectivity index (χ0n) is 14.9. The van der Waals surface area contributed by atoms with E-state index in [9.17, 15) is 4.79 Å². The normalized spacial score (nSPS) is 12.9. The number of nitriles is 1. The van der Waals surface area contributed by atoms with E-state index in [0.717, 1.165) is 29.2 Å². The molecule has 2 aromatic carbocycles. The Morgan fingerprint density at radius 1 is 1.07 bits per heavy atom. The van der Waals surface area contributed by atoms with Crippen molar-refractivity contribution in [2.24, 2.45) is 0 Å². The largest absolute Gasteiger partial charge is 0.279 e. The first-order chi connectivity index (χ1) is 13.2. The Kier molecular flexibility index (Phi) is 4.99. The Bertz CT molecular complexity index is 963. The standard InChI is InChI=1S/C22H19N3OS/c23-14-16-10-12-18(13-11-16)21(26)25(15-17-6-2-1-3-7-17)22-24-19-8-4-5-9-20(19)27-22/h1-3,6-7,10-13H,4-5,8-9,15H2. The molecule has 27 heavy (non-hydrogen) atoms. The molecule has 0 radical (unpaired) electrons. The van der Waals surface area contributed by atoms with E-state index < -0.39 is 0 Å². The summed E-state index contributed by atoms with van der Waals surface area (Å²) in [6, 6.07) is 18.9. The minimum atomic E-state index is -0.0885. The maximum atomic E-state index is 13.3. The van der Waals surface area contributed by atoms with Crippen molar-refractivity contribution in [3.63, 3.8) is 0 Å². The molecule has 0 aliphatic heterocycles. The summed E-state index contributed by atoms with van der Waals surface area (Å²) in [5.41, 5.74) is 3.32. The van der Waals surface area contributed by atoms with E-state index in [1.54, 1.807) is 40.5 Å². The molecule has 0 bridgehead atoms. The molecule has 1 aliphatic rings. The molecule has 1 aromatic heterocycles. The van der Waals surface area contributed by atoms with Crippen LogP contribution < -0.4 is 4.90 Å². The minimum absolute atomic E-state index is 0.0885. The molecule has 4 nitrogen and oxygen atoms in total. The van der Waals surface area contributed by atoms with Crippen molar-refractivity contribution >= 4 is 22.4 Å². The first kappa shape index (κ1) is 17.4. The van der Waals surface area contributed by atoms with Crippen molar-refractivity contribution in [2.75, 3.05) is 4.90 Å². The first-order valence-electron chi connectivity index (χ1n) is 9.09. The molecule has 1 aliphatic carbocycles. The Hall–Kier alpha value is -2.97. The molecule has 1 amide bonds. The molecule has 0 saturated carbocycles. The summed E-state index contributed by atoms with van der Waals surface area (Å²) in [6.07, 6.45) is 4.41. The van der Waals surface area contributed by atoms with Gasteiger partial charge in [-0.25, -0.2) is 4.98 Å². The van der Waals surface area contributed by atoms with Crippen LogP contribution in [0.4, 0.5) is 5.13 Å². The fourth-order valence-corrected chi connectivity index (χ4v) is 4.44. The molecular weight excluding hydrogens is 354 g/mol. The number of aromatic nitrogens is 1. The van der Waals surface area contributed by atoms with Crippen molar-refractivity contribution in [3.05, 3.63) is 81.9 Å². The zero-order valence-corrected chi connectivity index (χ0v) is 15.7. The summed E-state index contributed by atoms with van der Waals surface area (Å²) in [7, 11) is 0. The lowest BCUT2D eigenvalue weighted by molar-refractivity contribution is 0.0985. The molecule has 0 spiro atoms.